The molecule has 0 amide bonds. The van der Waals surface area contributed by atoms with Gasteiger partial charge in [-0.2, -0.15) is 0 Å². The molecule has 82 valence electrons. The SMILES string of the molecule is CS(=O)(=O)C1COc2ccccc2C1N. The van der Waals surface area contributed by atoms with Crippen LogP contribution in [0.15, 0.2) is 24.3 Å². The highest BCUT2D eigenvalue weighted by molar-refractivity contribution is 7.91. The first kappa shape index (κ1) is 10.4. The second kappa shape index (κ2) is 3.50. The summed E-state index contributed by atoms with van der Waals surface area (Å²) in [5.41, 5.74) is 6.68. The van der Waals surface area contributed by atoms with Crippen LogP contribution < -0.4 is 10.5 Å². The van der Waals surface area contributed by atoms with Gasteiger partial charge in [-0.1, -0.05) is 18.2 Å². The molecule has 2 unspecified atom stereocenters. The number of hydrogen-bond acceptors (Lipinski definition) is 4. The third kappa shape index (κ3) is 1.85. The summed E-state index contributed by atoms with van der Waals surface area (Å²) in [7, 11) is -3.17. The van der Waals surface area contributed by atoms with E-state index in [1.807, 2.05) is 12.1 Å². The quantitative estimate of drug-likeness (QED) is 0.758. The van der Waals surface area contributed by atoms with Crippen LogP contribution >= 0.6 is 0 Å². The number of sulfone groups is 1. The van der Waals surface area contributed by atoms with Crippen LogP contribution in [0.4, 0.5) is 0 Å². The monoisotopic (exact) mass is 227 g/mol. The second-order valence-corrected chi connectivity index (χ2v) is 6.01. The summed E-state index contributed by atoms with van der Waals surface area (Å²) < 4.78 is 28.3. The molecule has 0 aliphatic carbocycles. The van der Waals surface area contributed by atoms with Gasteiger partial charge in [0.1, 0.15) is 17.6 Å². The van der Waals surface area contributed by atoms with Crippen LogP contribution in [0.1, 0.15) is 11.6 Å². The van der Waals surface area contributed by atoms with Gasteiger partial charge in [0, 0.05) is 11.8 Å². The number of rotatable bonds is 1. The number of benzene rings is 1. The lowest BCUT2D eigenvalue weighted by molar-refractivity contribution is 0.270. The van der Waals surface area contributed by atoms with Crippen molar-refractivity contribution < 1.29 is 13.2 Å². The summed E-state index contributed by atoms with van der Waals surface area (Å²) in [5.74, 6) is 0.685. The molecule has 0 radical (unpaired) electrons. The van der Waals surface area contributed by atoms with Crippen LogP contribution in [-0.4, -0.2) is 26.5 Å². The molecule has 5 heteroatoms. The molecule has 0 bridgehead atoms. The number of hydrogen-bond donors (Lipinski definition) is 1. The molecule has 2 N–H and O–H groups in total. The Morgan fingerprint density at radius 1 is 1.40 bits per heavy atom. The van der Waals surface area contributed by atoms with Gasteiger partial charge < -0.3 is 10.5 Å². The van der Waals surface area contributed by atoms with E-state index in [9.17, 15) is 8.42 Å². The first-order valence-corrected chi connectivity index (χ1v) is 6.62. The zero-order chi connectivity index (χ0) is 11.1. The molecule has 0 saturated carbocycles. The summed E-state index contributed by atoms with van der Waals surface area (Å²) in [6.07, 6.45) is 1.19. The van der Waals surface area contributed by atoms with Crippen molar-refractivity contribution in [3.05, 3.63) is 29.8 Å². The molecule has 1 heterocycles. The molecule has 2 rings (SSSR count). The van der Waals surface area contributed by atoms with Crippen LogP contribution in [0.3, 0.4) is 0 Å². The van der Waals surface area contributed by atoms with E-state index in [0.29, 0.717) is 5.75 Å². The molecule has 0 spiro atoms. The van der Waals surface area contributed by atoms with Crippen LogP contribution in [0.25, 0.3) is 0 Å². The fourth-order valence-electron chi connectivity index (χ4n) is 1.75. The van der Waals surface area contributed by atoms with Crippen molar-refractivity contribution in [2.24, 2.45) is 5.73 Å². The van der Waals surface area contributed by atoms with Gasteiger partial charge >= 0.3 is 0 Å². The molecular formula is C10H13NO3S. The van der Waals surface area contributed by atoms with Crippen molar-refractivity contribution in [2.45, 2.75) is 11.3 Å². The zero-order valence-corrected chi connectivity index (χ0v) is 9.20. The summed E-state index contributed by atoms with van der Waals surface area (Å²) >= 11 is 0. The number of fused-ring (bicyclic) bond motifs is 1. The van der Waals surface area contributed by atoms with Gasteiger partial charge in [-0.3, -0.25) is 0 Å². The van der Waals surface area contributed by atoms with Crippen LogP contribution in [0.5, 0.6) is 5.75 Å². The second-order valence-electron chi connectivity index (χ2n) is 3.74. The van der Waals surface area contributed by atoms with E-state index in [-0.39, 0.29) is 6.61 Å². The first-order valence-electron chi connectivity index (χ1n) is 4.66. The summed E-state index contributed by atoms with van der Waals surface area (Å²) in [6, 6.07) is 6.77. The maximum Gasteiger partial charge on any atom is 0.155 e. The number of para-hydroxylation sites is 1. The molecule has 1 aromatic rings. The van der Waals surface area contributed by atoms with Crippen molar-refractivity contribution >= 4 is 9.84 Å². The average Bonchev–Trinajstić information content (AvgIpc) is 2.16. The molecule has 0 aromatic heterocycles. The van der Waals surface area contributed by atoms with Crippen molar-refractivity contribution in [2.75, 3.05) is 12.9 Å². The topological polar surface area (TPSA) is 69.4 Å². The molecule has 15 heavy (non-hydrogen) atoms. The minimum atomic E-state index is -3.17. The number of nitrogens with two attached hydrogens (primary N) is 1. The molecule has 0 saturated heterocycles. The highest BCUT2D eigenvalue weighted by atomic mass is 32.2. The smallest absolute Gasteiger partial charge is 0.155 e. The van der Waals surface area contributed by atoms with Gasteiger partial charge in [-0.05, 0) is 6.07 Å². The van der Waals surface area contributed by atoms with Crippen molar-refractivity contribution in [1.29, 1.82) is 0 Å². The normalized spacial score (nSPS) is 25.5. The number of ether oxygens (including phenoxy) is 1. The Morgan fingerprint density at radius 2 is 2.07 bits per heavy atom. The van der Waals surface area contributed by atoms with Gasteiger partial charge in [-0.15, -0.1) is 0 Å². The highest BCUT2D eigenvalue weighted by Crippen LogP contribution is 2.32. The molecule has 1 aliphatic rings. The van der Waals surface area contributed by atoms with E-state index >= 15 is 0 Å². The standard InChI is InChI=1S/C10H13NO3S/c1-15(12,13)9-6-14-8-5-3-2-4-7(8)10(9)11/h2-5,9-10H,6,11H2,1H3. The van der Waals surface area contributed by atoms with Crippen molar-refractivity contribution in [3.8, 4) is 5.75 Å². The third-order valence-corrected chi connectivity index (χ3v) is 4.16. The van der Waals surface area contributed by atoms with E-state index < -0.39 is 21.1 Å². The maximum absolute atomic E-state index is 11.4. The van der Waals surface area contributed by atoms with Crippen molar-refractivity contribution in [1.82, 2.24) is 0 Å². The molecule has 4 nitrogen and oxygen atoms in total. The molecular weight excluding hydrogens is 214 g/mol. The fraction of sp³-hybridized carbons (Fsp3) is 0.400. The van der Waals surface area contributed by atoms with Gasteiger partial charge in [0.05, 0.1) is 6.04 Å². The van der Waals surface area contributed by atoms with Gasteiger partial charge in [0.25, 0.3) is 0 Å². The summed E-state index contributed by atoms with van der Waals surface area (Å²) in [6.45, 7) is 0.136. The van der Waals surface area contributed by atoms with Gasteiger partial charge in [-0.25, -0.2) is 8.42 Å². The Hall–Kier alpha value is -1.07. The lowest BCUT2D eigenvalue weighted by atomic mass is 10.0. The van der Waals surface area contributed by atoms with Crippen molar-refractivity contribution in [3.63, 3.8) is 0 Å². The van der Waals surface area contributed by atoms with Gasteiger partial charge in [0.2, 0.25) is 0 Å². The minimum absolute atomic E-state index is 0.136. The lowest BCUT2D eigenvalue weighted by Gasteiger charge is -2.29. The molecule has 0 fully saturated rings. The fourth-order valence-corrected chi connectivity index (χ4v) is 2.75. The van der Waals surface area contributed by atoms with Crippen LogP contribution in [-0.2, 0) is 9.84 Å². The molecule has 1 aromatic carbocycles. The molecule has 1 aliphatic heterocycles. The van der Waals surface area contributed by atoms with E-state index in [4.69, 9.17) is 10.5 Å². The average molecular weight is 227 g/mol. The van der Waals surface area contributed by atoms with Gasteiger partial charge in [0.15, 0.2) is 9.84 Å². The first-order chi connectivity index (χ1) is 7.00. The Morgan fingerprint density at radius 3 is 2.73 bits per heavy atom. The Bertz CT molecular complexity index is 469. The third-order valence-electron chi connectivity index (χ3n) is 2.63. The summed E-state index contributed by atoms with van der Waals surface area (Å²) in [4.78, 5) is 0. The van der Waals surface area contributed by atoms with Crippen LogP contribution in [0.2, 0.25) is 0 Å². The highest BCUT2D eigenvalue weighted by Gasteiger charge is 2.34. The Labute approximate surface area is 89.0 Å². The van der Waals surface area contributed by atoms with E-state index in [1.165, 1.54) is 6.26 Å². The van der Waals surface area contributed by atoms with Crippen LogP contribution in [0, 0.1) is 0 Å². The minimum Gasteiger partial charge on any atom is -0.492 e. The zero-order valence-electron chi connectivity index (χ0n) is 8.38. The molecule has 2 atom stereocenters. The summed E-state index contributed by atoms with van der Waals surface area (Å²) in [5, 5.41) is -0.646. The van der Waals surface area contributed by atoms with E-state index in [2.05, 4.69) is 0 Å². The Kier molecular flexibility index (Phi) is 2.44. The predicted octanol–water partition coefficient (Wildman–Crippen LogP) is 0.492. The van der Waals surface area contributed by atoms with E-state index in [1.54, 1.807) is 12.1 Å². The Balaban J connectivity index is 2.42. The maximum atomic E-state index is 11.4. The lowest BCUT2D eigenvalue weighted by Crippen LogP contribution is -2.41. The predicted molar refractivity (Wildman–Crippen MR) is 57.5 cm³/mol. The van der Waals surface area contributed by atoms with E-state index in [0.717, 1.165) is 5.56 Å². The largest absolute Gasteiger partial charge is 0.492 e.